The maximum Gasteiger partial charge on any atom is 0.258 e. The number of rotatable bonds is 4. The quantitative estimate of drug-likeness (QED) is 0.693. The van der Waals surface area contributed by atoms with Gasteiger partial charge in [-0.3, -0.25) is 4.79 Å². The summed E-state index contributed by atoms with van der Waals surface area (Å²) in [6.07, 6.45) is 8.44. The Labute approximate surface area is 162 Å². The van der Waals surface area contributed by atoms with E-state index in [9.17, 15) is 4.79 Å². The summed E-state index contributed by atoms with van der Waals surface area (Å²) in [6, 6.07) is 7.45. The fourth-order valence-electron chi connectivity index (χ4n) is 4.21. The number of hydrogen-bond acceptors (Lipinski definition) is 6. The summed E-state index contributed by atoms with van der Waals surface area (Å²) in [5, 5.41) is 8.24. The molecule has 5 rings (SSSR count). The van der Waals surface area contributed by atoms with E-state index in [0.29, 0.717) is 23.2 Å². The van der Waals surface area contributed by atoms with E-state index in [1.54, 1.807) is 36.9 Å². The molecular formula is C20H20N6O2. The van der Waals surface area contributed by atoms with Crippen LogP contribution in [0, 0.1) is 12.8 Å². The minimum atomic E-state index is -0.0573. The number of aromatic nitrogens is 5. The van der Waals surface area contributed by atoms with Crippen LogP contribution in [0.1, 0.15) is 28.8 Å². The Kier molecular flexibility index (Phi) is 4.03. The molecule has 3 unspecified atom stereocenters. The molecule has 142 valence electrons. The number of ether oxygens (including phenoxy) is 1. The second-order valence-electron chi connectivity index (χ2n) is 7.39. The van der Waals surface area contributed by atoms with Gasteiger partial charge in [-0.05, 0) is 43.4 Å². The van der Waals surface area contributed by atoms with Gasteiger partial charge in [0, 0.05) is 25.0 Å². The highest BCUT2D eigenvalue weighted by Crippen LogP contribution is 2.40. The zero-order valence-corrected chi connectivity index (χ0v) is 15.5. The molecule has 8 heteroatoms. The number of amides is 1. The molecule has 3 aromatic heterocycles. The molecule has 0 aromatic carbocycles. The van der Waals surface area contributed by atoms with Crippen LogP contribution in [-0.2, 0) is 0 Å². The van der Waals surface area contributed by atoms with E-state index in [1.807, 2.05) is 24.0 Å². The summed E-state index contributed by atoms with van der Waals surface area (Å²) in [4.78, 5) is 25.3. The molecule has 0 spiro atoms. The van der Waals surface area contributed by atoms with Crippen LogP contribution in [-0.4, -0.2) is 54.5 Å². The average Bonchev–Trinajstić information content (AvgIpc) is 3.46. The first-order valence-electron chi connectivity index (χ1n) is 9.41. The van der Waals surface area contributed by atoms with Crippen LogP contribution < -0.4 is 4.74 Å². The predicted molar refractivity (Wildman–Crippen MR) is 100 cm³/mol. The van der Waals surface area contributed by atoms with Gasteiger partial charge < -0.3 is 9.64 Å². The Bertz CT molecular complexity index is 988. The van der Waals surface area contributed by atoms with Crippen LogP contribution in [0.2, 0.25) is 0 Å². The molecule has 1 aliphatic carbocycles. The lowest BCUT2D eigenvalue weighted by Gasteiger charge is -2.33. The van der Waals surface area contributed by atoms with Crippen molar-refractivity contribution in [1.29, 1.82) is 0 Å². The van der Waals surface area contributed by atoms with Crippen molar-refractivity contribution in [3.05, 3.63) is 60.2 Å². The van der Waals surface area contributed by atoms with E-state index >= 15 is 0 Å². The van der Waals surface area contributed by atoms with Crippen molar-refractivity contribution in [2.45, 2.75) is 31.9 Å². The minimum absolute atomic E-state index is 0.0409. The second kappa shape index (κ2) is 6.70. The molecule has 1 saturated carbocycles. The first-order chi connectivity index (χ1) is 13.7. The fraction of sp³-hybridized carbons (Fsp3) is 0.350. The van der Waals surface area contributed by atoms with Crippen LogP contribution in [0.15, 0.2) is 49.1 Å². The Hall–Kier alpha value is -3.29. The van der Waals surface area contributed by atoms with Crippen molar-refractivity contribution in [3.63, 3.8) is 0 Å². The second-order valence-corrected chi connectivity index (χ2v) is 7.39. The fourth-order valence-corrected chi connectivity index (χ4v) is 4.21. The summed E-state index contributed by atoms with van der Waals surface area (Å²) in [5.41, 5.74) is 1.59. The van der Waals surface area contributed by atoms with E-state index in [4.69, 9.17) is 4.74 Å². The SMILES string of the molecule is Cc1ccc(OC2CC3CC2N(C(=O)c2cccnc2-n2nccn2)C3)nc1. The van der Waals surface area contributed by atoms with Gasteiger partial charge in [0.1, 0.15) is 6.10 Å². The molecule has 1 saturated heterocycles. The van der Waals surface area contributed by atoms with Gasteiger partial charge in [0.05, 0.1) is 24.0 Å². The lowest BCUT2D eigenvalue weighted by Crippen LogP contribution is -2.47. The van der Waals surface area contributed by atoms with Gasteiger partial charge in [-0.1, -0.05) is 6.07 Å². The van der Waals surface area contributed by atoms with Crippen molar-refractivity contribution in [3.8, 4) is 11.7 Å². The summed E-state index contributed by atoms with van der Waals surface area (Å²) in [7, 11) is 0. The third-order valence-corrected chi connectivity index (χ3v) is 5.47. The molecule has 3 atom stereocenters. The lowest BCUT2D eigenvalue weighted by atomic mass is 10.1. The van der Waals surface area contributed by atoms with Crippen LogP contribution in [0.25, 0.3) is 5.82 Å². The lowest BCUT2D eigenvalue weighted by molar-refractivity contribution is 0.0466. The number of aryl methyl sites for hydroxylation is 1. The van der Waals surface area contributed by atoms with Gasteiger partial charge in [0.25, 0.3) is 5.91 Å². The first kappa shape index (κ1) is 16.9. The third kappa shape index (κ3) is 2.90. The predicted octanol–water partition coefficient (Wildman–Crippen LogP) is 2.05. The highest BCUT2D eigenvalue weighted by atomic mass is 16.5. The summed E-state index contributed by atoms with van der Waals surface area (Å²) in [6.45, 7) is 2.74. The van der Waals surface area contributed by atoms with Gasteiger partial charge in [0.2, 0.25) is 5.88 Å². The molecule has 0 N–H and O–H groups in total. The maximum atomic E-state index is 13.3. The number of carbonyl (C=O) groups is 1. The molecule has 2 fully saturated rings. The van der Waals surface area contributed by atoms with Crippen LogP contribution in [0.3, 0.4) is 0 Å². The summed E-state index contributed by atoms with van der Waals surface area (Å²) < 4.78 is 6.13. The number of hydrogen-bond donors (Lipinski definition) is 0. The molecule has 3 aromatic rings. The third-order valence-electron chi connectivity index (χ3n) is 5.47. The van der Waals surface area contributed by atoms with Crippen molar-refractivity contribution >= 4 is 5.91 Å². The van der Waals surface area contributed by atoms with E-state index in [2.05, 4.69) is 20.2 Å². The largest absolute Gasteiger partial charge is 0.472 e. The molecule has 8 nitrogen and oxygen atoms in total. The maximum absolute atomic E-state index is 13.3. The van der Waals surface area contributed by atoms with Gasteiger partial charge in [0.15, 0.2) is 5.82 Å². The Morgan fingerprint density at radius 3 is 2.71 bits per heavy atom. The topological polar surface area (TPSA) is 86.0 Å². The number of carbonyl (C=O) groups excluding carboxylic acids is 1. The van der Waals surface area contributed by atoms with Crippen LogP contribution in [0.4, 0.5) is 0 Å². The van der Waals surface area contributed by atoms with Crippen LogP contribution >= 0.6 is 0 Å². The zero-order chi connectivity index (χ0) is 19.1. The van der Waals surface area contributed by atoms with Crippen molar-refractivity contribution < 1.29 is 9.53 Å². The monoisotopic (exact) mass is 376 g/mol. The van der Waals surface area contributed by atoms with E-state index < -0.39 is 0 Å². The van der Waals surface area contributed by atoms with E-state index in [1.165, 1.54) is 4.80 Å². The highest BCUT2D eigenvalue weighted by molar-refractivity contribution is 5.97. The van der Waals surface area contributed by atoms with Gasteiger partial charge in [-0.15, -0.1) is 4.80 Å². The summed E-state index contributed by atoms with van der Waals surface area (Å²) >= 11 is 0. The average molecular weight is 376 g/mol. The molecule has 1 amide bonds. The molecule has 0 radical (unpaired) electrons. The normalized spacial score (nSPS) is 23.2. The number of fused-ring (bicyclic) bond motifs is 2. The molecule has 28 heavy (non-hydrogen) atoms. The number of likely N-dealkylation sites (tertiary alicyclic amines) is 1. The van der Waals surface area contributed by atoms with Gasteiger partial charge in [-0.25, -0.2) is 9.97 Å². The van der Waals surface area contributed by atoms with E-state index in [-0.39, 0.29) is 18.1 Å². The van der Waals surface area contributed by atoms with Crippen LogP contribution in [0.5, 0.6) is 5.88 Å². The van der Waals surface area contributed by atoms with Crippen molar-refractivity contribution in [2.75, 3.05) is 6.54 Å². The van der Waals surface area contributed by atoms with Gasteiger partial charge >= 0.3 is 0 Å². The van der Waals surface area contributed by atoms with E-state index in [0.717, 1.165) is 24.9 Å². The van der Waals surface area contributed by atoms with Crippen molar-refractivity contribution in [2.24, 2.45) is 5.92 Å². The number of piperidine rings is 1. The van der Waals surface area contributed by atoms with Crippen molar-refractivity contribution in [1.82, 2.24) is 29.9 Å². The standard InChI is InChI=1S/C20H20N6O2/c1-13-4-5-18(22-11-13)28-17-10-14-9-16(17)25(12-14)20(27)15-3-2-6-21-19(15)26-23-7-8-24-26/h2-8,11,14,16-17H,9-10,12H2,1H3. The van der Waals surface area contributed by atoms with Gasteiger partial charge in [-0.2, -0.15) is 10.2 Å². The highest BCUT2D eigenvalue weighted by Gasteiger charge is 2.48. The minimum Gasteiger partial charge on any atom is -0.472 e. The molecule has 1 aliphatic heterocycles. The smallest absolute Gasteiger partial charge is 0.258 e. The molecule has 4 heterocycles. The molecule has 2 aliphatic rings. The Morgan fingerprint density at radius 1 is 1.11 bits per heavy atom. The Balaban J connectivity index is 1.39. The zero-order valence-electron chi connectivity index (χ0n) is 15.5. The molecular weight excluding hydrogens is 356 g/mol. The Morgan fingerprint density at radius 2 is 1.96 bits per heavy atom. The summed E-state index contributed by atoms with van der Waals surface area (Å²) in [5.74, 6) is 1.45. The number of nitrogens with zero attached hydrogens (tertiary/aromatic N) is 6. The number of pyridine rings is 2. The molecule has 2 bridgehead atoms. The first-order valence-corrected chi connectivity index (χ1v) is 9.41.